The number of fused-ring (bicyclic) bond motifs is 1. The van der Waals surface area contributed by atoms with Crippen molar-refractivity contribution in [3.8, 4) is 5.75 Å². The Morgan fingerprint density at radius 3 is 2.68 bits per heavy atom. The van der Waals surface area contributed by atoms with Crippen LogP contribution in [0.25, 0.3) is 10.8 Å². The van der Waals surface area contributed by atoms with Crippen LogP contribution in [-0.4, -0.2) is 11.7 Å². The van der Waals surface area contributed by atoms with Gasteiger partial charge in [0.05, 0.1) is 0 Å². The zero-order valence-corrected chi connectivity index (χ0v) is 11.7. The molecular formula is C17H23NO. The lowest BCUT2D eigenvalue weighted by Gasteiger charge is -2.10. The molecule has 102 valence electrons. The first-order valence-corrected chi connectivity index (χ1v) is 7.23. The average Bonchev–Trinajstić information content (AvgIpc) is 2.44. The number of phenols is 1. The van der Waals surface area contributed by atoms with Crippen molar-refractivity contribution in [1.29, 1.82) is 0 Å². The van der Waals surface area contributed by atoms with Crippen molar-refractivity contribution in [3.05, 3.63) is 42.0 Å². The summed E-state index contributed by atoms with van der Waals surface area (Å²) in [6, 6.07) is 12.0. The molecule has 0 aliphatic carbocycles. The van der Waals surface area contributed by atoms with Crippen LogP contribution in [0.2, 0.25) is 0 Å². The van der Waals surface area contributed by atoms with E-state index in [-0.39, 0.29) is 0 Å². The van der Waals surface area contributed by atoms with Gasteiger partial charge in [0.1, 0.15) is 5.75 Å². The number of phenolic OH excluding ortho intramolecular Hbond substituents is 1. The third kappa shape index (κ3) is 3.71. The minimum Gasteiger partial charge on any atom is -0.508 e. The molecular weight excluding hydrogens is 234 g/mol. The van der Waals surface area contributed by atoms with Crippen LogP contribution >= 0.6 is 0 Å². The van der Waals surface area contributed by atoms with E-state index in [1.165, 1.54) is 31.1 Å². The molecule has 0 saturated heterocycles. The fourth-order valence-electron chi connectivity index (χ4n) is 2.40. The summed E-state index contributed by atoms with van der Waals surface area (Å²) in [6.45, 7) is 3.98. The molecule has 0 fully saturated rings. The zero-order valence-electron chi connectivity index (χ0n) is 11.7. The van der Waals surface area contributed by atoms with E-state index in [9.17, 15) is 5.11 Å². The fraction of sp³-hybridized carbons (Fsp3) is 0.412. The van der Waals surface area contributed by atoms with Gasteiger partial charge >= 0.3 is 0 Å². The maximum absolute atomic E-state index is 10.0. The highest BCUT2D eigenvalue weighted by Crippen LogP contribution is 2.26. The van der Waals surface area contributed by atoms with Gasteiger partial charge < -0.3 is 10.4 Å². The minimum atomic E-state index is 0.389. The number of rotatable bonds is 7. The van der Waals surface area contributed by atoms with Gasteiger partial charge in [-0.05, 0) is 29.8 Å². The van der Waals surface area contributed by atoms with Crippen molar-refractivity contribution in [2.45, 2.75) is 39.2 Å². The van der Waals surface area contributed by atoms with Crippen LogP contribution in [0.1, 0.15) is 38.2 Å². The minimum absolute atomic E-state index is 0.389. The Hall–Kier alpha value is -1.54. The summed E-state index contributed by atoms with van der Waals surface area (Å²) >= 11 is 0. The highest BCUT2D eigenvalue weighted by Gasteiger charge is 2.05. The van der Waals surface area contributed by atoms with E-state index in [4.69, 9.17) is 0 Å². The number of benzene rings is 2. The molecule has 0 saturated carbocycles. The Kier molecular flexibility index (Phi) is 5.22. The van der Waals surface area contributed by atoms with Gasteiger partial charge in [-0.1, -0.05) is 56.5 Å². The van der Waals surface area contributed by atoms with E-state index in [1.807, 2.05) is 18.2 Å². The van der Waals surface area contributed by atoms with Crippen LogP contribution in [0.3, 0.4) is 0 Å². The normalized spacial score (nSPS) is 11.0. The fourth-order valence-corrected chi connectivity index (χ4v) is 2.40. The molecule has 0 unspecified atom stereocenters. The monoisotopic (exact) mass is 257 g/mol. The third-order valence-electron chi connectivity index (χ3n) is 3.52. The Bertz CT molecular complexity index is 522. The Balaban J connectivity index is 1.98. The maximum Gasteiger partial charge on any atom is 0.120 e. The number of hydrogen-bond acceptors (Lipinski definition) is 2. The van der Waals surface area contributed by atoms with Crippen molar-refractivity contribution < 1.29 is 5.11 Å². The summed E-state index contributed by atoms with van der Waals surface area (Å²) in [5.41, 5.74) is 1.01. The van der Waals surface area contributed by atoms with Crippen molar-refractivity contribution >= 4 is 10.8 Å². The molecule has 2 nitrogen and oxygen atoms in total. The summed E-state index contributed by atoms with van der Waals surface area (Å²) < 4.78 is 0. The Morgan fingerprint density at radius 2 is 1.84 bits per heavy atom. The van der Waals surface area contributed by atoms with Crippen LogP contribution in [-0.2, 0) is 6.54 Å². The second-order valence-corrected chi connectivity index (χ2v) is 5.02. The molecule has 2 heteroatoms. The third-order valence-corrected chi connectivity index (χ3v) is 3.52. The van der Waals surface area contributed by atoms with Crippen LogP contribution in [0.4, 0.5) is 0 Å². The smallest absolute Gasteiger partial charge is 0.120 e. The summed E-state index contributed by atoms with van der Waals surface area (Å²) in [4.78, 5) is 0. The van der Waals surface area contributed by atoms with Gasteiger partial charge in [0, 0.05) is 12.1 Å². The summed E-state index contributed by atoms with van der Waals surface area (Å²) in [5.74, 6) is 0.389. The van der Waals surface area contributed by atoms with E-state index >= 15 is 0 Å². The molecule has 0 aromatic heterocycles. The lowest BCUT2D eigenvalue weighted by Crippen LogP contribution is -2.15. The Morgan fingerprint density at radius 1 is 1.00 bits per heavy atom. The van der Waals surface area contributed by atoms with Crippen LogP contribution in [0, 0.1) is 0 Å². The zero-order chi connectivity index (χ0) is 13.5. The van der Waals surface area contributed by atoms with E-state index in [0.717, 1.165) is 24.0 Å². The molecule has 0 aliphatic heterocycles. The summed E-state index contributed by atoms with van der Waals surface area (Å²) in [7, 11) is 0. The standard InChI is InChI=1S/C17H23NO/c1-2-3-4-7-12-18-13-16-15-9-6-5-8-14(15)10-11-17(16)19/h5-6,8-11,18-19H,2-4,7,12-13H2,1H3. The summed E-state index contributed by atoms with van der Waals surface area (Å²) in [5, 5.41) is 15.8. The van der Waals surface area contributed by atoms with Crippen LogP contribution < -0.4 is 5.32 Å². The van der Waals surface area contributed by atoms with Crippen molar-refractivity contribution in [3.63, 3.8) is 0 Å². The molecule has 0 aliphatic rings. The molecule has 2 N–H and O–H groups in total. The molecule has 0 amide bonds. The van der Waals surface area contributed by atoms with E-state index < -0.39 is 0 Å². The van der Waals surface area contributed by atoms with Crippen LogP contribution in [0.5, 0.6) is 5.75 Å². The van der Waals surface area contributed by atoms with Gasteiger partial charge in [0.15, 0.2) is 0 Å². The number of unbranched alkanes of at least 4 members (excludes halogenated alkanes) is 3. The van der Waals surface area contributed by atoms with Crippen LogP contribution in [0.15, 0.2) is 36.4 Å². The number of hydrogen-bond donors (Lipinski definition) is 2. The summed E-state index contributed by atoms with van der Waals surface area (Å²) in [6.07, 6.45) is 5.07. The quantitative estimate of drug-likeness (QED) is 0.728. The van der Waals surface area contributed by atoms with Gasteiger partial charge in [-0.2, -0.15) is 0 Å². The number of nitrogens with one attached hydrogen (secondary N) is 1. The van der Waals surface area contributed by atoms with Gasteiger partial charge in [0.25, 0.3) is 0 Å². The first-order valence-electron chi connectivity index (χ1n) is 7.23. The molecule has 0 atom stereocenters. The molecule has 2 rings (SSSR count). The van der Waals surface area contributed by atoms with Gasteiger partial charge in [0.2, 0.25) is 0 Å². The Labute approximate surface area is 115 Å². The average molecular weight is 257 g/mol. The van der Waals surface area contributed by atoms with Gasteiger partial charge in [-0.3, -0.25) is 0 Å². The largest absolute Gasteiger partial charge is 0.508 e. The van der Waals surface area contributed by atoms with Gasteiger partial charge in [-0.25, -0.2) is 0 Å². The molecule has 0 radical (unpaired) electrons. The van der Waals surface area contributed by atoms with E-state index in [2.05, 4.69) is 24.4 Å². The second-order valence-electron chi connectivity index (χ2n) is 5.02. The van der Waals surface area contributed by atoms with E-state index in [1.54, 1.807) is 6.07 Å². The lowest BCUT2D eigenvalue weighted by molar-refractivity contribution is 0.465. The first-order chi connectivity index (χ1) is 9.33. The molecule has 2 aromatic carbocycles. The number of aromatic hydroxyl groups is 1. The predicted octanol–water partition coefficient (Wildman–Crippen LogP) is 4.22. The second kappa shape index (κ2) is 7.15. The highest BCUT2D eigenvalue weighted by atomic mass is 16.3. The lowest BCUT2D eigenvalue weighted by atomic mass is 10.0. The van der Waals surface area contributed by atoms with Crippen molar-refractivity contribution in [2.75, 3.05) is 6.54 Å². The first kappa shape index (κ1) is 13.9. The van der Waals surface area contributed by atoms with Crippen molar-refractivity contribution in [1.82, 2.24) is 5.32 Å². The predicted molar refractivity (Wildman–Crippen MR) is 81.5 cm³/mol. The van der Waals surface area contributed by atoms with E-state index in [0.29, 0.717) is 5.75 Å². The SMILES string of the molecule is CCCCCCNCc1c(O)ccc2ccccc12. The molecule has 0 heterocycles. The molecule has 19 heavy (non-hydrogen) atoms. The highest BCUT2D eigenvalue weighted by molar-refractivity contribution is 5.87. The molecule has 0 spiro atoms. The van der Waals surface area contributed by atoms with Gasteiger partial charge in [-0.15, -0.1) is 0 Å². The maximum atomic E-state index is 10.0. The topological polar surface area (TPSA) is 32.3 Å². The van der Waals surface area contributed by atoms with Crippen molar-refractivity contribution in [2.24, 2.45) is 0 Å². The molecule has 2 aromatic rings. The molecule has 0 bridgehead atoms.